The van der Waals surface area contributed by atoms with Crippen LogP contribution in [0, 0.1) is 6.92 Å². The van der Waals surface area contributed by atoms with Crippen molar-refractivity contribution < 1.29 is 4.74 Å². The van der Waals surface area contributed by atoms with Crippen LogP contribution in [0.1, 0.15) is 25.5 Å². The number of ether oxygens (including phenoxy) is 1. The van der Waals surface area contributed by atoms with E-state index in [-0.39, 0.29) is 5.54 Å². The summed E-state index contributed by atoms with van der Waals surface area (Å²) in [5.41, 5.74) is 3.73. The van der Waals surface area contributed by atoms with E-state index in [1.807, 2.05) is 13.1 Å². The van der Waals surface area contributed by atoms with E-state index in [1.165, 1.54) is 11.3 Å². The third kappa shape index (κ3) is 2.30. The summed E-state index contributed by atoms with van der Waals surface area (Å²) in [6, 6.07) is 8.55. The first kappa shape index (κ1) is 12.4. The van der Waals surface area contributed by atoms with Gasteiger partial charge in [-0.1, -0.05) is 0 Å². The first-order chi connectivity index (χ1) is 9.19. The van der Waals surface area contributed by atoms with E-state index in [1.54, 1.807) is 0 Å². The van der Waals surface area contributed by atoms with Crippen LogP contribution in [0.4, 0.5) is 0 Å². The van der Waals surface area contributed by atoms with Crippen LogP contribution in [0.3, 0.4) is 0 Å². The van der Waals surface area contributed by atoms with Gasteiger partial charge in [-0.25, -0.2) is 0 Å². The van der Waals surface area contributed by atoms with Crippen molar-refractivity contribution in [1.29, 1.82) is 0 Å². The minimum absolute atomic E-state index is 0.161. The maximum atomic E-state index is 5.50. The number of pyridine rings is 1. The zero-order chi connectivity index (χ0) is 13.3. The number of aryl methyl sites for hydroxylation is 1. The number of nitrogens with zero attached hydrogens (tertiary/aromatic N) is 2. The van der Waals surface area contributed by atoms with Gasteiger partial charge in [0.1, 0.15) is 0 Å². The molecule has 3 heterocycles. The molecule has 2 aromatic rings. The molecular weight excluding hydrogens is 236 g/mol. The van der Waals surface area contributed by atoms with Gasteiger partial charge < -0.3 is 9.30 Å². The summed E-state index contributed by atoms with van der Waals surface area (Å²) in [5.74, 6) is 0. The SMILES string of the molecule is Cc1cc(-c2cccn2C2(C)CCOCC2)ccn1. The van der Waals surface area contributed by atoms with E-state index in [4.69, 9.17) is 4.74 Å². The molecule has 1 saturated heterocycles. The fourth-order valence-electron chi connectivity index (χ4n) is 2.84. The summed E-state index contributed by atoms with van der Waals surface area (Å²) >= 11 is 0. The summed E-state index contributed by atoms with van der Waals surface area (Å²) in [5, 5.41) is 0. The lowest BCUT2D eigenvalue weighted by molar-refractivity contribution is 0.0303. The van der Waals surface area contributed by atoms with Gasteiger partial charge in [-0.2, -0.15) is 0 Å². The largest absolute Gasteiger partial charge is 0.381 e. The van der Waals surface area contributed by atoms with Crippen molar-refractivity contribution in [3.63, 3.8) is 0 Å². The van der Waals surface area contributed by atoms with Gasteiger partial charge in [0.25, 0.3) is 0 Å². The molecule has 3 nitrogen and oxygen atoms in total. The van der Waals surface area contributed by atoms with Gasteiger partial charge in [-0.3, -0.25) is 4.98 Å². The zero-order valence-electron chi connectivity index (χ0n) is 11.6. The molecule has 3 rings (SSSR count). The number of hydrogen-bond donors (Lipinski definition) is 0. The van der Waals surface area contributed by atoms with Crippen molar-refractivity contribution in [3.8, 4) is 11.3 Å². The number of aromatic nitrogens is 2. The van der Waals surface area contributed by atoms with Crippen molar-refractivity contribution >= 4 is 0 Å². The van der Waals surface area contributed by atoms with Crippen LogP contribution in [0.25, 0.3) is 11.3 Å². The molecular formula is C16H20N2O. The summed E-state index contributed by atoms with van der Waals surface area (Å²) in [6.07, 6.45) is 6.21. The Kier molecular flexibility index (Phi) is 3.15. The van der Waals surface area contributed by atoms with Crippen LogP contribution >= 0.6 is 0 Å². The highest BCUT2D eigenvalue weighted by molar-refractivity contribution is 5.60. The summed E-state index contributed by atoms with van der Waals surface area (Å²) in [7, 11) is 0. The molecule has 0 saturated carbocycles. The summed E-state index contributed by atoms with van der Waals surface area (Å²) in [4.78, 5) is 4.28. The highest BCUT2D eigenvalue weighted by Crippen LogP contribution is 2.34. The van der Waals surface area contributed by atoms with Gasteiger partial charge in [0.2, 0.25) is 0 Å². The lowest BCUT2D eigenvalue weighted by Crippen LogP contribution is -2.36. The van der Waals surface area contributed by atoms with E-state index >= 15 is 0 Å². The molecule has 0 atom stereocenters. The van der Waals surface area contributed by atoms with Crippen LogP contribution in [-0.4, -0.2) is 22.8 Å². The maximum absolute atomic E-state index is 5.50. The summed E-state index contributed by atoms with van der Waals surface area (Å²) in [6.45, 7) is 6.06. The van der Waals surface area contributed by atoms with Gasteiger partial charge in [-0.15, -0.1) is 0 Å². The molecule has 1 aliphatic rings. The van der Waals surface area contributed by atoms with E-state index in [0.29, 0.717) is 0 Å². The molecule has 0 aromatic carbocycles. The Labute approximate surface area is 114 Å². The fraction of sp³-hybridized carbons (Fsp3) is 0.438. The van der Waals surface area contributed by atoms with Crippen LogP contribution in [-0.2, 0) is 10.3 Å². The Balaban J connectivity index is 2.03. The van der Waals surface area contributed by atoms with Crippen molar-refractivity contribution in [3.05, 3.63) is 42.4 Å². The molecule has 0 aliphatic carbocycles. The van der Waals surface area contributed by atoms with Gasteiger partial charge in [0, 0.05) is 48.1 Å². The Morgan fingerprint density at radius 1 is 1.26 bits per heavy atom. The lowest BCUT2D eigenvalue weighted by Gasteiger charge is -2.36. The minimum atomic E-state index is 0.161. The molecule has 0 unspecified atom stereocenters. The topological polar surface area (TPSA) is 27.1 Å². The van der Waals surface area contributed by atoms with Crippen molar-refractivity contribution in [2.45, 2.75) is 32.2 Å². The lowest BCUT2D eigenvalue weighted by atomic mass is 9.91. The second-order valence-corrected chi connectivity index (χ2v) is 5.56. The monoisotopic (exact) mass is 256 g/mol. The molecule has 19 heavy (non-hydrogen) atoms. The number of rotatable bonds is 2. The highest BCUT2D eigenvalue weighted by atomic mass is 16.5. The van der Waals surface area contributed by atoms with E-state index in [2.05, 4.69) is 46.9 Å². The average Bonchev–Trinajstić information content (AvgIpc) is 2.89. The second kappa shape index (κ2) is 4.82. The van der Waals surface area contributed by atoms with E-state index in [0.717, 1.165) is 31.7 Å². The molecule has 0 radical (unpaired) electrons. The predicted molar refractivity (Wildman–Crippen MR) is 76.1 cm³/mol. The smallest absolute Gasteiger partial charge is 0.0488 e. The first-order valence-electron chi connectivity index (χ1n) is 6.88. The summed E-state index contributed by atoms with van der Waals surface area (Å²) < 4.78 is 7.91. The van der Waals surface area contributed by atoms with Crippen molar-refractivity contribution in [2.75, 3.05) is 13.2 Å². The minimum Gasteiger partial charge on any atom is -0.381 e. The zero-order valence-corrected chi connectivity index (χ0v) is 11.6. The highest BCUT2D eigenvalue weighted by Gasteiger charge is 2.30. The normalized spacial score (nSPS) is 18.4. The van der Waals surface area contributed by atoms with Crippen molar-refractivity contribution in [2.24, 2.45) is 0 Å². The van der Waals surface area contributed by atoms with Crippen LogP contribution in [0.5, 0.6) is 0 Å². The average molecular weight is 256 g/mol. The maximum Gasteiger partial charge on any atom is 0.0488 e. The number of hydrogen-bond acceptors (Lipinski definition) is 2. The van der Waals surface area contributed by atoms with Gasteiger partial charge in [-0.05, 0) is 51.0 Å². The molecule has 3 heteroatoms. The van der Waals surface area contributed by atoms with Crippen LogP contribution in [0.15, 0.2) is 36.7 Å². The molecule has 0 amide bonds. The van der Waals surface area contributed by atoms with Crippen LogP contribution < -0.4 is 0 Å². The quantitative estimate of drug-likeness (QED) is 0.823. The third-order valence-corrected chi connectivity index (χ3v) is 4.09. The van der Waals surface area contributed by atoms with Gasteiger partial charge >= 0.3 is 0 Å². The molecule has 1 fully saturated rings. The standard InChI is InChI=1S/C16H20N2O/c1-13-12-14(5-8-17-13)15-4-3-9-18(15)16(2)6-10-19-11-7-16/h3-5,8-9,12H,6-7,10-11H2,1-2H3. The first-order valence-corrected chi connectivity index (χ1v) is 6.88. The molecule has 0 N–H and O–H groups in total. The Hall–Kier alpha value is -1.61. The predicted octanol–water partition coefficient (Wildman–Crippen LogP) is 3.38. The molecule has 0 spiro atoms. The Bertz CT molecular complexity index is 568. The Morgan fingerprint density at radius 3 is 2.79 bits per heavy atom. The van der Waals surface area contributed by atoms with E-state index < -0.39 is 0 Å². The van der Waals surface area contributed by atoms with Crippen molar-refractivity contribution in [1.82, 2.24) is 9.55 Å². The van der Waals surface area contributed by atoms with Gasteiger partial charge in [0.05, 0.1) is 0 Å². The molecule has 100 valence electrons. The second-order valence-electron chi connectivity index (χ2n) is 5.56. The molecule has 1 aliphatic heterocycles. The van der Waals surface area contributed by atoms with Gasteiger partial charge in [0.15, 0.2) is 0 Å². The van der Waals surface area contributed by atoms with E-state index in [9.17, 15) is 0 Å². The molecule has 2 aromatic heterocycles. The Morgan fingerprint density at radius 2 is 2.05 bits per heavy atom. The fourth-order valence-corrected chi connectivity index (χ4v) is 2.84. The molecule has 0 bridgehead atoms. The van der Waals surface area contributed by atoms with Crippen LogP contribution in [0.2, 0.25) is 0 Å². The third-order valence-electron chi connectivity index (χ3n) is 4.09.